The van der Waals surface area contributed by atoms with Crippen molar-refractivity contribution < 1.29 is 0 Å². The van der Waals surface area contributed by atoms with Crippen LogP contribution in [0.5, 0.6) is 0 Å². The summed E-state index contributed by atoms with van der Waals surface area (Å²) in [7, 11) is 0. The van der Waals surface area contributed by atoms with Gasteiger partial charge in [0, 0.05) is 10.7 Å². The molecule has 1 saturated heterocycles. The topological polar surface area (TPSA) is 12.0 Å². The summed E-state index contributed by atoms with van der Waals surface area (Å²) < 4.78 is 1.41. The van der Waals surface area contributed by atoms with E-state index in [-0.39, 0.29) is 12.4 Å². The zero-order chi connectivity index (χ0) is 8.67. The molecule has 1 aromatic heterocycles. The Hall–Kier alpha value is -0.570. The Morgan fingerprint density at radius 1 is 1.29 bits per heavy atom. The molecule has 74 valence electrons. The number of fused-ring (bicyclic) bond motifs is 1. The second kappa shape index (κ2) is 3.89. The second-order valence-corrected chi connectivity index (χ2v) is 4.39. The first kappa shape index (κ1) is 9.97. The molecular weight excluding hydrogens is 214 g/mol. The molecule has 1 aliphatic heterocycles. The average Bonchev–Trinajstić information content (AvgIpc) is 2.47. The monoisotopic (exact) mass is 225 g/mol. The van der Waals surface area contributed by atoms with Crippen LogP contribution in [0.1, 0.15) is 18.0 Å². The van der Waals surface area contributed by atoms with Gasteiger partial charge in [0.15, 0.2) is 0 Å². The van der Waals surface area contributed by atoms with E-state index in [0.29, 0.717) is 6.04 Å². The van der Waals surface area contributed by atoms with Crippen molar-refractivity contribution in [2.45, 2.75) is 12.5 Å². The summed E-state index contributed by atoms with van der Waals surface area (Å²) in [5.41, 5.74) is 1.49. The lowest BCUT2D eigenvalue weighted by molar-refractivity contribution is 0.386. The SMILES string of the molecule is Cl.c1ccc2c([C@H]3CCN3)csc2c1. The van der Waals surface area contributed by atoms with E-state index in [2.05, 4.69) is 35.0 Å². The molecule has 1 atom stereocenters. The molecule has 1 aliphatic rings. The largest absolute Gasteiger partial charge is 0.310 e. The first-order valence-electron chi connectivity index (χ1n) is 4.65. The van der Waals surface area contributed by atoms with Crippen LogP contribution < -0.4 is 5.32 Å². The molecule has 0 saturated carbocycles. The molecule has 0 aliphatic carbocycles. The van der Waals surface area contributed by atoms with E-state index in [1.165, 1.54) is 28.6 Å². The number of nitrogens with one attached hydrogen (secondary N) is 1. The average molecular weight is 226 g/mol. The Morgan fingerprint density at radius 3 is 2.79 bits per heavy atom. The van der Waals surface area contributed by atoms with Crippen molar-refractivity contribution in [1.29, 1.82) is 0 Å². The lowest BCUT2D eigenvalue weighted by atomic mass is 9.98. The van der Waals surface area contributed by atoms with Gasteiger partial charge in [-0.25, -0.2) is 0 Å². The molecule has 14 heavy (non-hydrogen) atoms. The van der Waals surface area contributed by atoms with Crippen molar-refractivity contribution >= 4 is 33.8 Å². The number of benzene rings is 1. The minimum Gasteiger partial charge on any atom is -0.310 e. The highest BCUT2D eigenvalue weighted by molar-refractivity contribution is 7.17. The second-order valence-electron chi connectivity index (χ2n) is 3.48. The molecule has 1 fully saturated rings. The van der Waals surface area contributed by atoms with Gasteiger partial charge in [0.25, 0.3) is 0 Å². The normalized spacial score (nSPS) is 20.1. The van der Waals surface area contributed by atoms with E-state index in [1.54, 1.807) is 0 Å². The van der Waals surface area contributed by atoms with E-state index in [4.69, 9.17) is 0 Å². The van der Waals surface area contributed by atoms with Crippen molar-refractivity contribution in [3.63, 3.8) is 0 Å². The van der Waals surface area contributed by atoms with Crippen LogP contribution in [0.4, 0.5) is 0 Å². The third-order valence-electron chi connectivity index (χ3n) is 2.71. The highest BCUT2D eigenvalue weighted by Gasteiger charge is 2.20. The van der Waals surface area contributed by atoms with Gasteiger partial charge in [-0.1, -0.05) is 18.2 Å². The Bertz CT molecular complexity index is 434. The van der Waals surface area contributed by atoms with Crippen molar-refractivity contribution in [2.75, 3.05) is 6.54 Å². The summed E-state index contributed by atoms with van der Waals surface area (Å²) in [6.45, 7) is 1.18. The maximum atomic E-state index is 3.45. The van der Waals surface area contributed by atoms with Crippen LogP contribution in [-0.2, 0) is 0 Å². The lowest BCUT2D eigenvalue weighted by Crippen LogP contribution is -2.34. The van der Waals surface area contributed by atoms with E-state index in [0.717, 1.165) is 0 Å². The van der Waals surface area contributed by atoms with Gasteiger partial charge < -0.3 is 5.32 Å². The molecule has 2 aromatic rings. The van der Waals surface area contributed by atoms with Crippen molar-refractivity contribution in [3.8, 4) is 0 Å². The van der Waals surface area contributed by atoms with E-state index >= 15 is 0 Å². The van der Waals surface area contributed by atoms with Gasteiger partial charge >= 0.3 is 0 Å². The van der Waals surface area contributed by atoms with Crippen LogP contribution in [-0.4, -0.2) is 6.54 Å². The Labute approximate surface area is 93.5 Å². The van der Waals surface area contributed by atoms with Gasteiger partial charge in [-0.3, -0.25) is 0 Å². The quantitative estimate of drug-likeness (QED) is 0.785. The zero-order valence-electron chi connectivity index (χ0n) is 7.69. The summed E-state index contributed by atoms with van der Waals surface area (Å²) in [6, 6.07) is 9.27. The summed E-state index contributed by atoms with van der Waals surface area (Å²) in [4.78, 5) is 0. The fraction of sp³-hybridized carbons (Fsp3) is 0.273. The molecule has 1 N–H and O–H groups in total. The van der Waals surface area contributed by atoms with Crippen LogP contribution in [0.15, 0.2) is 29.6 Å². The van der Waals surface area contributed by atoms with Crippen LogP contribution in [0.25, 0.3) is 10.1 Å². The summed E-state index contributed by atoms with van der Waals surface area (Å²) >= 11 is 1.85. The molecule has 0 bridgehead atoms. The van der Waals surface area contributed by atoms with Gasteiger partial charge in [0.05, 0.1) is 0 Å². The highest BCUT2D eigenvalue weighted by Crippen LogP contribution is 2.33. The predicted octanol–water partition coefficient (Wildman–Crippen LogP) is 3.36. The van der Waals surface area contributed by atoms with E-state index in [9.17, 15) is 0 Å². The number of hydrogen-bond acceptors (Lipinski definition) is 2. The van der Waals surface area contributed by atoms with Gasteiger partial charge in [-0.15, -0.1) is 23.7 Å². The Balaban J connectivity index is 0.000000750. The van der Waals surface area contributed by atoms with Crippen LogP contribution in [0, 0.1) is 0 Å². The first-order valence-corrected chi connectivity index (χ1v) is 5.52. The third-order valence-corrected chi connectivity index (χ3v) is 3.69. The van der Waals surface area contributed by atoms with Crippen LogP contribution >= 0.6 is 23.7 Å². The van der Waals surface area contributed by atoms with E-state index < -0.39 is 0 Å². The first-order chi connectivity index (χ1) is 6.45. The van der Waals surface area contributed by atoms with Crippen LogP contribution in [0.2, 0.25) is 0 Å². The number of thiophene rings is 1. The summed E-state index contributed by atoms with van der Waals surface area (Å²) in [6.07, 6.45) is 1.29. The molecular formula is C11H12ClNS. The zero-order valence-corrected chi connectivity index (χ0v) is 9.33. The molecule has 3 heteroatoms. The van der Waals surface area contributed by atoms with E-state index in [1.807, 2.05) is 11.3 Å². The number of hydrogen-bond donors (Lipinski definition) is 1. The predicted molar refractivity (Wildman–Crippen MR) is 64.4 cm³/mol. The number of halogens is 1. The minimum atomic E-state index is 0. The standard InChI is InChI=1S/C11H11NS.ClH/c1-2-4-11-8(3-1)9(7-13-11)10-5-6-12-10;/h1-4,7,10,12H,5-6H2;1H/t10-;/m1./s1. The Kier molecular flexibility index (Phi) is 2.77. The maximum absolute atomic E-state index is 3.45. The van der Waals surface area contributed by atoms with Gasteiger partial charge in [-0.2, -0.15) is 0 Å². The number of rotatable bonds is 1. The molecule has 1 aromatic carbocycles. The molecule has 0 unspecified atom stereocenters. The van der Waals surface area contributed by atoms with Crippen molar-refractivity contribution in [1.82, 2.24) is 5.32 Å². The lowest BCUT2D eigenvalue weighted by Gasteiger charge is -2.27. The summed E-state index contributed by atoms with van der Waals surface area (Å²) in [5.74, 6) is 0. The smallest absolute Gasteiger partial charge is 0.0346 e. The fourth-order valence-electron chi connectivity index (χ4n) is 1.82. The van der Waals surface area contributed by atoms with Crippen LogP contribution in [0.3, 0.4) is 0 Å². The molecule has 3 rings (SSSR count). The molecule has 0 radical (unpaired) electrons. The summed E-state index contributed by atoms with van der Waals surface area (Å²) in [5, 5.41) is 7.17. The van der Waals surface area contributed by atoms with Crippen molar-refractivity contribution in [3.05, 3.63) is 35.2 Å². The fourth-order valence-corrected chi connectivity index (χ4v) is 2.84. The third kappa shape index (κ3) is 1.44. The van der Waals surface area contributed by atoms with Gasteiger partial charge in [0.1, 0.15) is 0 Å². The minimum absolute atomic E-state index is 0. The molecule has 2 heterocycles. The molecule has 0 amide bonds. The van der Waals surface area contributed by atoms with Crippen molar-refractivity contribution in [2.24, 2.45) is 0 Å². The van der Waals surface area contributed by atoms with Gasteiger partial charge in [-0.05, 0) is 35.4 Å². The highest BCUT2D eigenvalue weighted by atomic mass is 35.5. The Morgan fingerprint density at radius 2 is 2.07 bits per heavy atom. The van der Waals surface area contributed by atoms with Gasteiger partial charge in [0.2, 0.25) is 0 Å². The molecule has 1 nitrogen and oxygen atoms in total. The molecule has 0 spiro atoms. The maximum Gasteiger partial charge on any atom is 0.0346 e.